The van der Waals surface area contributed by atoms with Crippen molar-refractivity contribution in [3.63, 3.8) is 0 Å². The average Bonchev–Trinajstić information content (AvgIpc) is 2.91. The summed E-state index contributed by atoms with van der Waals surface area (Å²) in [5, 5.41) is -0.0458. The summed E-state index contributed by atoms with van der Waals surface area (Å²) in [7, 11) is 0. The number of carbonyl (C=O) groups is 1. The summed E-state index contributed by atoms with van der Waals surface area (Å²) in [6.07, 6.45) is -3.87. The highest BCUT2D eigenvalue weighted by Crippen LogP contribution is 2.40. The number of carbonyl (C=O) groups excluding carboxylic acids is 1. The SMILES string of the molecule is O=C(CSc1nc2c(c(C(F)(F)F)n1)CCc1ccccc1-2)N(Cc1ccccc1)Cc1ccccc1. The standard InChI is InChI=1S/C29H24F3N3OS/c30-29(31,32)27-24-16-15-22-13-7-8-14-23(22)26(24)33-28(34-27)37-19-25(36)35(17-20-9-3-1-4-10-20)18-21-11-5-2-6-12-21/h1-14H,15-19H2. The lowest BCUT2D eigenvalue weighted by molar-refractivity contribution is -0.142. The maximum atomic E-state index is 14.0. The second-order valence-corrected chi connectivity index (χ2v) is 9.79. The van der Waals surface area contributed by atoms with Gasteiger partial charge in [-0.25, -0.2) is 9.97 Å². The molecule has 37 heavy (non-hydrogen) atoms. The summed E-state index contributed by atoms with van der Waals surface area (Å²) in [5.74, 6) is -0.273. The number of nitrogens with zero attached hydrogens (tertiary/aromatic N) is 3. The van der Waals surface area contributed by atoms with E-state index in [9.17, 15) is 18.0 Å². The molecule has 0 bridgehead atoms. The molecule has 4 aromatic rings. The Morgan fingerprint density at radius 2 is 1.41 bits per heavy atom. The van der Waals surface area contributed by atoms with Crippen LogP contribution in [0.2, 0.25) is 0 Å². The maximum Gasteiger partial charge on any atom is 0.433 e. The van der Waals surface area contributed by atoms with E-state index in [0.29, 0.717) is 30.8 Å². The summed E-state index contributed by atoms with van der Waals surface area (Å²) < 4.78 is 41.9. The minimum absolute atomic E-state index is 0.0458. The van der Waals surface area contributed by atoms with Crippen molar-refractivity contribution in [3.8, 4) is 11.3 Å². The number of hydrogen-bond donors (Lipinski definition) is 0. The number of fused-ring (bicyclic) bond motifs is 3. The smallest absolute Gasteiger partial charge is 0.333 e. The van der Waals surface area contributed by atoms with E-state index in [2.05, 4.69) is 9.97 Å². The van der Waals surface area contributed by atoms with Crippen LogP contribution in [0.4, 0.5) is 13.2 Å². The van der Waals surface area contributed by atoms with Gasteiger partial charge in [0.2, 0.25) is 5.91 Å². The zero-order valence-electron chi connectivity index (χ0n) is 19.9. The largest absolute Gasteiger partial charge is 0.433 e. The van der Waals surface area contributed by atoms with Crippen molar-refractivity contribution in [1.82, 2.24) is 14.9 Å². The van der Waals surface area contributed by atoms with E-state index in [1.807, 2.05) is 72.8 Å². The molecular formula is C29H24F3N3OS. The molecule has 0 saturated carbocycles. The number of alkyl halides is 3. The number of hydrogen-bond acceptors (Lipinski definition) is 4. The first-order valence-electron chi connectivity index (χ1n) is 11.9. The molecule has 4 nitrogen and oxygen atoms in total. The van der Waals surface area contributed by atoms with E-state index in [1.165, 1.54) is 0 Å². The summed E-state index contributed by atoms with van der Waals surface area (Å²) in [4.78, 5) is 23.4. The minimum Gasteiger partial charge on any atom is -0.333 e. The quantitative estimate of drug-likeness (QED) is 0.204. The Bertz CT molecular complexity index is 1350. The summed E-state index contributed by atoms with van der Waals surface area (Å²) in [6.45, 7) is 0.780. The van der Waals surface area contributed by atoms with Gasteiger partial charge in [0.25, 0.3) is 0 Å². The van der Waals surface area contributed by atoms with Crippen molar-refractivity contribution in [1.29, 1.82) is 0 Å². The molecule has 1 heterocycles. The highest BCUT2D eigenvalue weighted by Gasteiger charge is 2.39. The predicted octanol–water partition coefficient (Wildman–Crippen LogP) is 6.58. The van der Waals surface area contributed by atoms with E-state index in [-0.39, 0.29) is 28.8 Å². The first-order valence-corrected chi connectivity index (χ1v) is 12.9. The Hall–Kier alpha value is -3.65. The van der Waals surface area contributed by atoms with E-state index in [0.717, 1.165) is 28.5 Å². The lowest BCUT2D eigenvalue weighted by Crippen LogP contribution is -2.31. The van der Waals surface area contributed by atoms with Crippen LogP contribution >= 0.6 is 11.8 Å². The summed E-state index contributed by atoms with van der Waals surface area (Å²) in [5.41, 5.74) is 3.12. The van der Waals surface area contributed by atoms with Crippen molar-refractivity contribution >= 4 is 17.7 Å². The zero-order chi connectivity index (χ0) is 25.8. The van der Waals surface area contributed by atoms with Gasteiger partial charge in [-0.1, -0.05) is 96.7 Å². The molecule has 188 valence electrons. The molecule has 8 heteroatoms. The van der Waals surface area contributed by atoms with Gasteiger partial charge in [-0.05, 0) is 29.5 Å². The molecule has 0 unspecified atom stereocenters. The lowest BCUT2D eigenvalue weighted by Gasteiger charge is -2.24. The van der Waals surface area contributed by atoms with Crippen LogP contribution in [0.15, 0.2) is 90.1 Å². The highest BCUT2D eigenvalue weighted by atomic mass is 32.2. The zero-order valence-corrected chi connectivity index (χ0v) is 20.7. The van der Waals surface area contributed by atoms with Crippen LogP contribution in [0.5, 0.6) is 0 Å². The molecule has 1 aliphatic rings. The van der Waals surface area contributed by atoms with Crippen LogP contribution in [-0.2, 0) is 36.9 Å². The molecule has 0 radical (unpaired) electrons. The molecular weight excluding hydrogens is 495 g/mol. The second-order valence-electron chi connectivity index (χ2n) is 8.85. The van der Waals surface area contributed by atoms with Crippen LogP contribution < -0.4 is 0 Å². The number of amides is 1. The van der Waals surface area contributed by atoms with Gasteiger partial charge < -0.3 is 4.90 Å². The fraction of sp³-hybridized carbons (Fsp3) is 0.207. The monoisotopic (exact) mass is 519 g/mol. The van der Waals surface area contributed by atoms with Crippen molar-refractivity contribution in [2.24, 2.45) is 0 Å². The van der Waals surface area contributed by atoms with Gasteiger partial charge >= 0.3 is 6.18 Å². The van der Waals surface area contributed by atoms with Gasteiger partial charge in [-0.3, -0.25) is 4.79 Å². The van der Waals surface area contributed by atoms with Crippen molar-refractivity contribution in [3.05, 3.63) is 113 Å². The Balaban J connectivity index is 1.41. The van der Waals surface area contributed by atoms with Gasteiger partial charge in [-0.2, -0.15) is 13.2 Å². The van der Waals surface area contributed by atoms with E-state index in [4.69, 9.17) is 0 Å². The van der Waals surface area contributed by atoms with Crippen molar-refractivity contribution in [2.75, 3.05) is 5.75 Å². The number of thioether (sulfide) groups is 1. The third kappa shape index (κ3) is 5.85. The molecule has 5 rings (SSSR count). The molecule has 3 aromatic carbocycles. The number of aryl methyl sites for hydroxylation is 1. The van der Waals surface area contributed by atoms with Gasteiger partial charge in [0.05, 0.1) is 11.4 Å². The molecule has 1 aliphatic carbocycles. The first kappa shape index (κ1) is 25.0. The lowest BCUT2D eigenvalue weighted by atomic mass is 9.88. The molecule has 0 atom stereocenters. The minimum atomic E-state index is -4.61. The van der Waals surface area contributed by atoms with E-state index < -0.39 is 11.9 Å². The van der Waals surface area contributed by atoms with Crippen LogP contribution in [-0.4, -0.2) is 26.5 Å². The van der Waals surface area contributed by atoms with Gasteiger partial charge in [0.15, 0.2) is 10.9 Å². The van der Waals surface area contributed by atoms with E-state index >= 15 is 0 Å². The molecule has 1 amide bonds. The molecule has 0 fully saturated rings. The fourth-order valence-corrected chi connectivity index (χ4v) is 5.26. The number of aromatic nitrogens is 2. The number of benzene rings is 3. The van der Waals surface area contributed by atoms with Crippen molar-refractivity contribution < 1.29 is 18.0 Å². The van der Waals surface area contributed by atoms with Crippen LogP contribution in [0, 0.1) is 0 Å². The van der Waals surface area contributed by atoms with Crippen LogP contribution in [0.1, 0.15) is 27.9 Å². The Morgan fingerprint density at radius 1 is 0.811 bits per heavy atom. The van der Waals surface area contributed by atoms with Gasteiger partial charge in [0.1, 0.15) is 0 Å². The summed E-state index contributed by atoms with van der Waals surface area (Å²) >= 11 is 0.942. The Labute approximate surface area is 217 Å². The summed E-state index contributed by atoms with van der Waals surface area (Å²) in [6, 6.07) is 26.6. The molecule has 1 aromatic heterocycles. The number of halogens is 3. The Morgan fingerprint density at radius 3 is 2.03 bits per heavy atom. The molecule has 0 N–H and O–H groups in total. The van der Waals surface area contributed by atoms with Crippen molar-refractivity contribution in [2.45, 2.75) is 37.3 Å². The molecule has 0 saturated heterocycles. The topological polar surface area (TPSA) is 46.1 Å². The van der Waals surface area contributed by atoms with E-state index in [1.54, 1.807) is 17.0 Å². The Kier molecular flexibility index (Phi) is 7.28. The predicted molar refractivity (Wildman–Crippen MR) is 138 cm³/mol. The van der Waals surface area contributed by atoms with Crippen LogP contribution in [0.25, 0.3) is 11.3 Å². The second kappa shape index (κ2) is 10.8. The molecule has 0 aliphatic heterocycles. The highest BCUT2D eigenvalue weighted by molar-refractivity contribution is 7.99. The van der Waals surface area contributed by atoms with Gasteiger partial charge in [-0.15, -0.1) is 0 Å². The average molecular weight is 520 g/mol. The maximum absolute atomic E-state index is 14.0. The third-order valence-electron chi connectivity index (χ3n) is 6.28. The first-order chi connectivity index (χ1) is 17.9. The van der Waals surface area contributed by atoms with Gasteiger partial charge in [0, 0.05) is 24.2 Å². The molecule has 0 spiro atoms. The normalized spacial score (nSPS) is 12.5. The fourth-order valence-electron chi connectivity index (χ4n) is 4.51. The third-order valence-corrected chi connectivity index (χ3v) is 7.11. The van der Waals surface area contributed by atoms with Crippen LogP contribution in [0.3, 0.4) is 0 Å². The number of rotatable bonds is 7.